The summed E-state index contributed by atoms with van der Waals surface area (Å²) >= 11 is 0. The number of amides is 2. The second-order valence-electron chi connectivity index (χ2n) is 2.70. The van der Waals surface area contributed by atoms with Gasteiger partial charge < -0.3 is 10.1 Å². The molecule has 1 aromatic rings. The molecule has 2 amide bonds. The van der Waals surface area contributed by atoms with Crippen LogP contribution in [-0.4, -0.2) is 34.6 Å². The number of hydrogen-bond donors (Lipinski definition) is 2. The number of anilines is 1. The highest BCUT2D eigenvalue weighted by Gasteiger charge is 2.06. The summed E-state index contributed by atoms with van der Waals surface area (Å²) in [5.41, 5.74) is 0. The van der Waals surface area contributed by atoms with Crippen LogP contribution in [0.4, 0.5) is 10.7 Å². The number of nitrogens with zero attached hydrogens (tertiary/aromatic N) is 3. The highest BCUT2D eigenvalue weighted by Crippen LogP contribution is 2.05. The Bertz CT molecular complexity index is 426. The summed E-state index contributed by atoms with van der Waals surface area (Å²) in [6, 6.07) is -0.342. The first kappa shape index (κ1) is 11.7. The van der Waals surface area contributed by atoms with Crippen molar-refractivity contribution in [1.82, 2.24) is 20.3 Å². The Morgan fingerprint density at radius 3 is 2.88 bits per heavy atom. The molecule has 1 rings (SSSR count). The second kappa shape index (κ2) is 5.50. The third-order valence-electron chi connectivity index (χ3n) is 1.49. The molecule has 0 atom stereocenters. The van der Waals surface area contributed by atoms with E-state index >= 15 is 0 Å². The zero-order chi connectivity index (χ0) is 12.0. The van der Waals surface area contributed by atoms with Gasteiger partial charge in [0.25, 0.3) is 0 Å². The molecule has 2 N–H and O–H groups in total. The number of terminal acetylenes is 1. The van der Waals surface area contributed by atoms with E-state index in [4.69, 9.17) is 11.2 Å². The van der Waals surface area contributed by atoms with Gasteiger partial charge in [0.05, 0.1) is 13.7 Å². The third-order valence-corrected chi connectivity index (χ3v) is 1.49. The topological polar surface area (TPSA) is 89.0 Å². The molecule has 16 heavy (non-hydrogen) atoms. The van der Waals surface area contributed by atoms with Crippen molar-refractivity contribution in [3.8, 4) is 18.4 Å². The lowest BCUT2D eigenvalue weighted by Gasteiger charge is -2.05. The first-order valence-electron chi connectivity index (χ1n) is 4.40. The van der Waals surface area contributed by atoms with Gasteiger partial charge in [-0.1, -0.05) is 5.92 Å². The van der Waals surface area contributed by atoms with Gasteiger partial charge in [0.2, 0.25) is 5.95 Å². The Morgan fingerprint density at radius 2 is 2.25 bits per heavy atom. The molecule has 1 aromatic heterocycles. The molecule has 0 saturated heterocycles. The van der Waals surface area contributed by atoms with Crippen molar-refractivity contribution in [3.63, 3.8) is 0 Å². The zero-order valence-corrected chi connectivity index (χ0v) is 8.94. The fourth-order valence-corrected chi connectivity index (χ4v) is 0.882. The highest BCUT2D eigenvalue weighted by molar-refractivity contribution is 5.87. The average molecular weight is 221 g/mol. The predicted molar refractivity (Wildman–Crippen MR) is 57.0 cm³/mol. The third kappa shape index (κ3) is 3.42. The summed E-state index contributed by atoms with van der Waals surface area (Å²) in [4.78, 5) is 22.8. The molecule has 0 bridgehead atoms. The van der Waals surface area contributed by atoms with Gasteiger partial charge in [-0.2, -0.15) is 15.0 Å². The van der Waals surface area contributed by atoms with Crippen molar-refractivity contribution >= 4 is 12.0 Å². The van der Waals surface area contributed by atoms with Crippen molar-refractivity contribution in [1.29, 1.82) is 0 Å². The first-order valence-corrected chi connectivity index (χ1v) is 4.40. The number of carbonyl (C=O) groups excluding carboxylic acids is 1. The zero-order valence-electron chi connectivity index (χ0n) is 8.94. The first-order chi connectivity index (χ1) is 7.65. The molecule has 0 aliphatic carbocycles. The molecule has 0 aliphatic rings. The molecule has 0 radical (unpaired) electrons. The Labute approximate surface area is 92.7 Å². The molecule has 0 unspecified atom stereocenters. The number of carbonyl (C=O) groups is 1. The standard InChI is InChI=1S/C9H11N5O2/c1-4-5-10-8(15)13-7-11-6(2)12-9(14-7)16-3/h1H,5H2,2-3H3,(H2,10,11,12,13,14,15). The van der Waals surface area contributed by atoms with Crippen LogP contribution in [0.5, 0.6) is 6.01 Å². The fourth-order valence-electron chi connectivity index (χ4n) is 0.882. The molecule has 1 heterocycles. The molecule has 7 nitrogen and oxygen atoms in total. The number of ether oxygens (including phenoxy) is 1. The van der Waals surface area contributed by atoms with Crippen molar-refractivity contribution < 1.29 is 9.53 Å². The van der Waals surface area contributed by atoms with E-state index in [1.165, 1.54) is 7.11 Å². The van der Waals surface area contributed by atoms with Crippen LogP contribution in [0.25, 0.3) is 0 Å². The van der Waals surface area contributed by atoms with Crippen LogP contribution in [0.3, 0.4) is 0 Å². The average Bonchev–Trinajstić information content (AvgIpc) is 2.25. The van der Waals surface area contributed by atoms with Crippen molar-refractivity contribution in [2.45, 2.75) is 6.92 Å². The molecular weight excluding hydrogens is 210 g/mol. The summed E-state index contributed by atoms with van der Waals surface area (Å²) < 4.78 is 4.83. The van der Waals surface area contributed by atoms with Crippen molar-refractivity contribution in [3.05, 3.63) is 5.82 Å². The molecular formula is C9H11N5O2. The maximum absolute atomic E-state index is 11.2. The van der Waals surface area contributed by atoms with E-state index in [9.17, 15) is 4.79 Å². The van der Waals surface area contributed by atoms with Gasteiger partial charge in [-0.05, 0) is 6.92 Å². The summed E-state index contributed by atoms with van der Waals surface area (Å²) in [5.74, 6) is 2.82. The van der Waals surface area contributed by atoms with Gasteiger partial charge in [-0.3, -0.25) is 5.32 Å². The number of nitrogens with one attached hydrogen (secondary N) is 2. The van der Waals surface area contributed by atoms with Gasteiger partial charge in [-0.25, -0.2) is 4.79 Å². The second-order valence-corrected chi connectivity index (χ2v) is 2.70. The van der Waals surface area contributed by atoms with E-state index in [-0.39, 0.29) is 18.5 Å². The number of urea groups is 1. The van der Waals surface area contributed by atoms with Crippen LogP contribution < -0.4 is 15.4 Å². The monoisotopic (exact) mass is 221 g/mol. The van der Waals surface area contributed by atoms with Gasteiger partial charge in [0.1, 0.15) is 5.82 Å². The van der Waals surface area contributed by atoms with E-state index in [1.807, 2.05) is 0 Å². The Kier molecular flexibility index (Phi) is 4.03. The minimum absolute atomic E-state index is 0.110. The van der Waals surface area contributed by atoms with Gasteiger partial charge in [0.15, 0.2) is 0 Å². The lowest BCUT2D eigenvalue weighted by molar-refractivity contribution is 0.253. The van der Waals surface area contributed by atoms with Gasteiger partial charge in [-0.15, -0.1) is 6.42 Å². The molecule has 0 spiro atoms. The minimum Gasteiger partial charge on any atom is -0.467 e. The summed E-state index contributed by atoms with van der Waals surface area (Å²) in [6.45, 7) is 1.79. The van der Waals surface area contributed by atoms with E-state index in [0.29, 0.717) is 5.82 Å². The van der Waals surface area contributed by atoms with Gasteiger partial charge in [0, 0.05) is 0 Å². The quantitative estimate of drug-likeness (QED) is 0.698. The van der Waals surface area contributed by atoms with Crippen molar-refractivity contribution in [2.75, 3.05) is 19.0 Å². The maximum atomic E-state index is 11.2. The maximum Gasteiger partial charge on any atom is 0.322 e. The summed E-state index contributed by atoms with van der Waals surface area (Å²) in [7, 11) is 1.43. The Balaban J connectivity index is 2.70. The summed E-state index contributed by atoms with van der Waals surface area (Å²) in [6.07, 6.45) is 4.99. The molecule has 0 aliphatic heterocycles. The number of methoxy groups -OCH3 is 1. The predicted octanol–water partition coefficient (Wildman–Crippen LogP) is -0.0567. The largest absolute Gasteiger partial charge is 0.467 e. The van der Waals surface area contributed by atoms with E-state index < -0.39 is 6.03 Å². The van der Waals surface area contributed by atoms with Crippen LogP contribution in [0.1, 0.15) is 5.82 Å². The van der Waals surface area contributed by atoms with Gasteiger partial charge >= 0.3 is 12.0 Å². The number of rotatable bonds is 3. The van der Waals surface area contributed by atoms with E-state index in [2.05, 4.69) is 31.5 Å². The number of aryl methyl sites for hydroxylation is 1. The Morgan fingerprint density at radius 1 is 1.50 bits per heavy atom. The number of aromatic nitrogens is 3. The molecule has 7 heteroatoms. The van der Waals surface area contributed by atoms with Crippen molar-refractivity contribution in [2.24, 2.45) is 0 Å². The normalized spacial score (nSPS) is 9.06. The van der Waals surface area contributed by atoms with Crippen LogP contribution in [-0.2, 0) is 0 Å². The Hall–Kier alpha value is -2.36. The molecule has 84 valence electrons. The van der Waals surface area contributed by atoms with Crippen LogP contribution in [0, 0.1) is 19.3 Å². The van der Waals surface area contributed by atoms with E-state index in [0.717, 1.165) is 0 Å². The smallest absolute Gasteiger partial charge is 0.322 e. The SMILES string of the molecule is C#CCNC(=O)Nc1nc(C)nc(OC)n1. The highest BCUT2D eigenvalue weighted by atomic mass is 16.5. The molecule has 0 saturated carbocycles. The summed E-state index contributed by atoms with van der Waals surface area (Å²) in [5, 5.41) is 4.81. The van der Waals surface area contributed by atoms with Crippen LogP contribution in [0.15, 0.2) is 0 Å². The fraction of sp³-hybridized carbons (Fsp3) is 0.333. The molecule has 0 aromatic carbocycles. The lowest BCUT2D eigenvalue weighted by Crippen LogP contribution is -2.29. The molecule has 0 fully saturated rings. The van der Waals surface area contributed by atoms with E-state index in [1.54, 1.807) is 6.92 Å². The minimum atomic E-state index is -0.481. The lowest BCUT2D eigenvalue weighted by atomic mass is 10.6. The number of hydrogen-bond acceptors (Lipinski definition) is 5. The van der Waals surface area contributed by atoms with Crippen LogP contribution >= 0.6 is 0 Å². The van der Waals surface area contributed by atoms with Crippen LogP contribution in [0.2, 0.25) is 0 Å².